The van der Waals surface area contributed by atoms with E-state index in [-0.39, 0.29) is 16.5 Å². The van der Waals surface area contributed by atoms with Crippen LogP contribution < -0.4 is 19.1 Å². The first kappa shape index (κ1) is 26.9. The standard InChI is InChI=1S/C30H27N3O6S/c1-17-7-5-6-8-21(17)16-39-22-12-9-19(10-13-22)27(34)25-26(20-11-14-23(37-3)24(15-20)38-4)33(29(36)28(25)35)30-32-31-18(2)40-30/h5-15,26,34H,16H2,1-4H3/b27-25+/t26-/m0/s1. The van der Waals surface area contributed by atoms with Gasteiger partial charge in [-0.3, -0.25) is 14.5 Å². The minimum absolute atomic E-state index is 0.0707. The van der Waals surface area contributed by atoms with E-state index in [4.69, 9.17) is 14.2 Å². The molecule has 40 heavy (non-hydrogen) atoms. The Morgan fingerprint density at radius 2 is 1.68 bits per heavy atom. The molecule has 9 nitrogen and oxygen atoms in total. The van der Waals surface area contributed by atoms with Crippen molar-refractivity contribution >= 4 is 33.9 Å². The number of aromatic nitrogens is 2. The first-order chi connectivity index (χ1) is 19.3. The van der Waals surface area contributed by atoms with Gasteiger partial charge in [-0.1, -0.05) is 41.7 Å². The third-order valence-corrected chi connectivity index (χ3v) is 7.51. The molecule has 0 radical (unpaired) electrons. The first-order valence-corrected chi connectivity index (χ1v) is 13.2. The average Bonchev–Trinajstić information content (AvgIpc) is 3.51. The van der Waals surface area contributed by atoms with E-state index < -0.39 is 17.7 Å². The Hall–Kier alpha value is -4.70. The molecule has 1 amide bonds. The summed E-state index contributed by atoms with van der Waals surface area (Å²) in [7, 11) is 3.01. The predicted molar refractivity (Wildman–Crippen MR) is 151 cm³/mol. The Bertz CT molecular complexity index is 1610. The van der Waals surface area contributed by atoms with Gasteiger partial charge in [0.25, 0.3) is 5.78 Å². The van der Waals surface area contributed by atoms with Gasteiger partial charge in [0, 0.05) is 5.56 Å². The summed E-state index contributed by atoms with van der Waals surface area (Å²) < 4.78 is 16.7. The number of ketones is 1. The Labute approximate surface area is 235 Å². The highest BCUT2D eigenvalue weighted by Gasteiger charge is 2.48. The summed E-state index contributed by atoms with van der Waals surface area (Å²) in [4.78, 5) is 28.0. The molecule has 2 heterocycles. The number of hydrogen-bond acceptors (Lipinski definition) is 9. The topological polar surface area (TPSA) is 111 Å². The normalized spacial score (nSPS) is 16.3. The summed E-state index contributed by atoms with van der Waals surface area (Å²) in [6.45, 7) is 4.17. The Balaban J connectivity index is 1.54. The monoisotopic (exact) mass is 557 g/mol. The molecule has 4 aromatic rings. The number of carbonyl (C=O) groups is 2. The van der Waals surface area contributed by atoms with Crippen molar-refractivity contribution in [1.29, 1.82) is 0 Å². The maximum atomic E-state index is 13.4. The summed E-state index contributed by atoms with van der Waals surface area (Å²) >= 11 is 1.18. The lowest BCUT2D eigenvalue weighted by Crippen LogP contribution is -2.29. The van der Waals surface area contributed by atoms with Crippen LogP contribution in [-0.4, -0.2) is 41.2 Å². The van der Waals surface area contributed by atoms with E-state index in [1.165, 1.54) is 30.5 Å². The number of Topliss-reactive ketones (excluding diaryl/α,β-unsaturated/α-hetero) is 1. The number of hydrogen-bond donors (Lipinski definition) is 1. The lowest BCUT2D eigenvalue weighted by Gasteiger charge is -2.23. The maximum Gasteiger partial charge on any atom is 0.301 e. The summed E-state index contributed by atoms with van der Waals surface area (Å²) in [5, 5.41) is 20.4. The molecule has 3 aromatic carbocycles. The van der Waals surface area contributed by atoms with Crippen LogP contribution in [0.4, 0.5) is 5.13 Å². The van der Waals surface area contributed by atoms with Crippen LogP contribution in [0.1, 0.15) is 33.3 Å². The lowest BCUT2D eigenvalue weighted by molar-refractivity contribution is -0.132. The van der Waals surface area contributed by atoms with Gasteiger partial charge in [0.15, 0.2) is 11.5 Å². The summed E-state index contributed by atoms with van der Waals surface area (Å²) in [5.41, 5.74) is 3.02. The fraction of sp³-hybridized carbons (Fsp3) is 0.200. The number of aryl methyl sites for hydroxylation is 2. The second-order valence-electron chi connectivity index (χ2n) is 9.13. The van der Waals surface area contributed by atoms with Gasteiger partial charge in [-0.15, -0.1) is 10.2 Å². The van der Waals surface area contributed by atoms with Crippen LogP contribution in [0.15, 0.2) is 72.3 Å². The minimum atomic E-state index is -0.968. The molecule has 1 aliphatic rings. The van der Waals surface area contributed by atoms with E-state index in [0.29, 0.717) is 40.0 Å². The smallest absolute Gasteiger partial charge is 0.301 e. The van der Waals surface area contributed by atoms with E-state index in [0.717, 1.165) is 11.1 Å². The van der Waals surface area contributed by atoms with E-state index in [2.05, 4.69) is 10.2 Å². The highest BCUT2D eigenvalue weighted by molar-refractivity contribution is 7.15. The van der Waals surface area contributed by atoms with Crippen molar-refractivity contribution in [3.8, 4) is 17.2 Å². The van der Waals surface area contributed by atoms with Gasteiger partial charge in [-0.25, -0.2) is 0 Å². The quantitative estimate of drug-likeness (QED) is 0.175. The number of carbonyl (C=O) groups excluding carboxylic acids is 2. The van der Waals surface area contributed by atoms with Crippen LogP contribution >= 0.6 is 11.3 Å². The van der Waals surface area contributed by atoms with Crippen LogP contribution in [0.3, 0.4) is 0 Å². The van der Waals surface area contributed by atoms with Gasteiger partial charge in [-0.05, 0) is 66.9 Å². The molecule has 0 unspecified atom stereocenters. The first-order valence-electron chi connectivity index (χ1n) is 12.4. The number of aliphatic hydroxyl groups excluding tert-OH is 1. The Morgan fingerprint density at radius 3 is 2.33 bits per heavy atom. The molecule has 1 saturated heterocycles. The summed E-state index contributed by atoms with van der Waals surface area (Å²) in [6.07, 6.45) is 0. The second-order valence-corrected chi connectivity index (χ2v) is 10.3. The number of anilines is 1. The van der Waals surface area contributed by atoms with Crippen molar-refractivity contribution < 1.29 is 28.9 Å². The zero-order valence-electron chi connectivity index (χ0n) is 22.4. The van der Waals surface area contributed by atoms with E-state index in [1.807, 2.05) is 31.2 Å². The summed E-state index contributed by atoms with van der Waals surface area (Å²) in [5.74, 6) is -0.459. The van der Waals surface area contributed by atoms with E-state index in [9.17, 15) is 14.7 Å². The third kappa shape index (κ3) is 5.01. The van der Waals surface area contributed by atoms with Crippen molar-refractivity contribution in [3.05, 3.63) is 99.6 Å². The molecular formula is C30H27N3O6S. The molecule has 0 bridgehead atoms. The summed E-state index contributed by atoms with van der Waals surface area (Å²) in [6, 6.07) is 18.8. The highest BCUT2D eigenvalue weighted by atomic mass is 32.1. The molecule has 1 atom stereocenters. The molecule has 0 saturated carbocycles. The van der Waals surface area contributed by atoms with Crippen molar-refractivity contribution in [3.63, 3.8) is 0 Å². The zero-order valence-corrected chi connectivity index (χ0v) is 23.2. The van der Waals surface area contributed by atoms with Crippen LogP contribution in [0, 0.1) is 13.8 Å². The van der Waals surface area contributed by atoms with Gasteiger partial charge in [-0.2, -0.15) is 0 Å². The van der Waals surface area contributed by atoms with Crippen LogP contribution in [0.5, 0.6) is 17.2 Å². The fourth-order valence-electron chi connectivity index (χ4n) is 4.55. The van der Waals surface area contributed by atoms with Crippen LogP contribution in [-0.2, 0) is 16.2 Å². The SMILES string of the molecule is COc1ccc([C@H]2/C(=C(\O)c3ccc(OCc4ccccc4C)cc3)C(=O)C(=O)N2c2nnc(C)s2)cc1OC. The van der Waals surface area contributed by atoms with E-state index >= 15 is 0 Å². The lowest BCUT2D eigenvalue weighted by atomic mass is 9.95. The molecule has 1 aliphatic heterocycles. The average molecular weight is 558 g/mol. The van der Waals surface area contributed by atoms with Gasteiger partial charge < -0.3 is 19.3 Å². The fourth-order valence-corrected chi connectivity index (χ4v) is 5.26. The van der Waals surface area contributed by atoms with Crippen LogP contribution in [0.2, 0.25) is 0 Å². The number of ether oxygens (including phenoxy) is 3. The molecule has 10 heteroatoms. The number of methoxy groups -OCH3 is 2. The van der Waals surface area contributed by atoms with Crippen molar-refractivity contribution in [2.24, 2.45) is 0 Å². The Kier molecular flexibility index (Phi) is 7.52. The van der Waals surface area contributed by atoms with E-state index in [1.54, 1.807) is 49.4 Å². The molecule has 1 N–H and O–H groups in total. The van der Waals surface area contributed by atoms with Gasteiger partial charge >= 0.3 is 5.91 Å². The molecule has 0 aliphatic carbocycles. The molecule has 5 rings (SSSR count). The van der Waals surface area contributed by atoms with Gasteiger partial charge in [0.1, 0.15) is 23.1 Å². The second kappa shape index (κ2) is 11.2. The zero-order chi connectivity index (χ0) is 28.4. The number of benzene rings is 3. The van der Waals surface area contributed by atoms with Crippen molar-refractivity contribution in [2.75, 3.05) is 19.1 Å². The van der Waals surface area contributed by atoms with Crippen molar-refractivity contribution in [2.45, 2.75) is 26.5 Å². The Morgan fingerprint density at radius 1 is 0.950 bits per heavy atom. The molecule has 204 valence electrons. The molecule has 0 spiro atoms. The molecule has 1 aromatic heterocycles. The number of aliphatic hydroxyl groups is 1. The van der Waals surface area contributed by atoms with Crippen molar-refractivity contribution in [1.82, 2.24) is 10.2 Å². The number of rotatable bonds is 8. The largest absolute Gasteiger partial charge is 0.507 e. The number of nitrogens with zero attached hydrogens (tertiary/aromatic N) is 3. The predicted octanol–water partition coefficient (Wildman–Crippen LogP) is 5.38. The van der Waals surface area contributed by atoms with Gasteiger partial charge in [0.05, 0.1) is 25.8 Å². The molecular weight excluding hydrogens is 530 g/mol. The van der Waals surface area contributed by atoms with Gasteiger partial charge in [0.2, 0.25) is 5.13 Å². The maximum absolute atomic E-state index is 13.4. The number of amides is 1. The minimum Gasteiger partial charge on any atom is -0.507 e. The molecule has 1 fully saturated rings. The van der Waals surface area contributed by atoms with Crippen LogP contribution in [0.25, 0.3) is 5.76 Å². The third-order valence-electron chi connectivity index (χ3n) is 6.67. The highest BCUT2D eigenvalue weighted by Crippen LogP contribution is 2.44.